The third kappa shape index (κ3) is 2.70. The lowest BCUT2D eigenvalue weighted by atomic mass is 10.1. The second kappa shape index (κ2) is 6.20. The fourth-order valence-electron chi connectivity index (χ4n) is 2.54. The van der Waals surface area contributed by atoms with Crippen LogP contribution in [0.1, 0.15) is 12.0 Å². The number of hydrogen-bond acceptors (Lipinski definition) is 4. The summed E-state index contributed by atoms with van der Waals surface area (Å²) in [5, 5.41) is 1.99. The molecule has 1 heterocycles. The highest BCUT2D eigenvalue weighted by Crippen LogP contribution is 2.35. The molecule has 3 aromatic rings. The number of pyridine rings is 1. The van der Waals surface area contributed by atoms with Gasteiger partial charge in [0.05, 0.1) is 24.8 Å². The molecule has 0 aliphatic carbocycles. The molecule has 0 radical (unpaired) electrons. The molecule has 0 saturated carbocycles. The number of methoxy groups -OCH3 is 1. The van der Waals surface area contributed by atoms with Crippen molar-refractivity contribution < 1.29 is 9.47 Å². The average Bonchev–Trinajstić information content (AvgIpc) is 2.54. The molecule has 0 spiro atoms. The van der Waals surface area contributed by atoms with Crippen molar-refractivity contribution in [2.45, 2.75) is 13.3 Å². The van der Waals surface area contributed by atoms with Crippen LogP contribution in [0.2, 0.25) is 0 Å². The first kappa shape index (κ1) is 14.6. The Kier molecular flexibility index (Phi) is 4.11. The standard InChI is InChI=1S/C18H20N2O2/c1-12-4-6-16-14(10-12)18(22-9-3-8-19)15-11-13(21-2)5-7-17(15)20-16/h4-7,10-11H,3,8-9,19H2,1-2H3. The normalized spacial score (nSPS) is 11.0. The van der Waals surface area contributed by atoms with Crippen molar-refractivity contribution in [1.29, 1.82) is 0 Å². The molecule has 4 heteroatoms. The zero-order chi connectivity index (χ0) is 15.5. The molecular weight excluding hydrogens is 276 g/mol. The van der Waals surface area contributed by atoms with Gasteiger partial charge in [0, 0.05) is 10.8 Å². The topological polar surface area (TPSA) is 57.4 Å². The van der Waals surface area contributed by atoms with Gasteiger partial charge < -0.3 is 15.2 Å². The zero-order valence-corrected chi connectivity index (χ0v) is 12.9. The number of aromatic nitrogens is 1. The summed E-state index contributed by atoms with van der Waals surface area (Å²) in [6.45, 7) is 3.28. The fraction of sp³-hybridized carbons (Fsp3) is 0.278. The third-order valence-corrected chi connectivity index (χ3v) is 3.68. The lowest BCUT2D eigenvalue weighted by molar-refractivity contribution is 0.320. The Morgan fingerprint density at radius 2 is 1.77 bits per heavy atom. The average molecular weight is 296 g/mol. The summed E-state index contributed by atoms with van der Waals surface area (Å²) in [5.41, 5.74) is 8.59. The zero-order valence-electron chi connectivity index (χ0n) is 12.9. The molecule has 0 amide bonds. The fourth-order valence-corrected chi connectivity index (χ4v) is 2.54. The van der Waals surface area contributed by atoms with Gasteiger partial charge in [-0.15, -0.1) is 0 Å². The van der Waals surface area contributed by atoms with Crippen LogP contribution in [0.25, 0.3) is 21.8 Å². The van der Waals surface area contributed by atoms with Crippen molar-refractivity contribution >= 4 is 21.8 Å². The van der Waals surface area contributed by atoms with Crippen molar-refractivity contribution in [3.05, 3.63) is 42.0 Å². The Morgan fingerprint density at radius 1 is 1.05 bits per heavy atom. The molecule has 1 aromatic heterocycles. The van der Waals surface area contributed by atoms with E-state index in [1.165, 1.54) is 5.56 Å². The van der Waals surface area contributed by atoms with E-state index in [-0.39, 0.29) is 0 Å². The number of benzene rings is 2. The second-order valence-electron chi connectivity index (χ2n) is 5.34. The van der Waals surface area contributed by atoms with Crippen LogP contribution in [0.3, 0.4) is 0 Å². The molecule has 2 N–H and O–H groups in total. The summed E-state index contributed by atoms with van der Waals surface area (Å²) in [4.78, 5) is 4.72. The second-order valence-corrected chi connectivity index (χ2v) is 5.34. The quantitative estimate of drug-likeness (QED) is 0.579. The monoisotopic (exact) mass is 296 g/mol. The molecule has 22 heavy (non-hydrogen) atoms. The van der Waals surface area contributed by atoms with Gasteiger partial charge in [0.1, 0.15) is 11.5 Å². The number of aryl methyl sites for hydroxylation is 1. The van der Waals surface area contributed by atoms with Crippen molar-refractivity contribution in [2.75, 3.05) is 20.3 Å². The summed E-state index contributed by atoms with van der Waals surface area (Å²) < 4.78 is 11.4. The van der Waals surface area contributed by atoms with Crippen molar-refractivity contribution in [3.8, 4) is 11.5 Å². The van der Waals surface area contributed by atoms with E-state index >= 15 is 0 Å². The van der Waals surface area contributed by atoms with Gasteiger partial charge in [-0.25, -0.2) is 4.98 Å². The van der Waals surface area contributed by atoms with Crippen molar-refractivity contribution in [3.63, 3.8) is 0 Å². The van der Waals surface area contributed by atoms with E-state index in [4.69, 9.17) is 20.2 Å². The molecule has 0 fully saturated rings. The van der Waals surface area contributed by atoms with Crippen LogP contribution < -0.4 is 15.2 Å². The van der Waals surface area contributed by atoms with Gasteiger partial charge in [0.15, 0.2) is 0 Å². The minimum atomic E-state index is 0.593. The highest BCUT2D eigenvalue weighted by atomic mass is 16.5. The van der Waals surface area contributed by atoms with E-state index in [2.05, 4.69) is 19.1 Å². The summed E-state index contributed by atoms with van der Waals surface area (Å²) in [7, 11) is 1.66. The number of ether oxygens (including phenoxy) is 2. The van der Waals surface area contributed by atoms with Crippen LogP contribution in [0.5, 0.6) is 11.5 Å². The van der Waals surface area contributed by atoms with Gasteiger partial charge in [-0.1, -0.05) is 11.6 Å². The van der Waals surface area contributed by atoms with Gasteiger partial charge in [-0.3, -0.25) is 0 Å². The van der Waals surface area contributed by atoms with Crippen LogP contribution in [-0.4, -0.2) is 25.2 Å². The Bertz CT molecular complexity index is 815. The lowest BCUT2D eigenvalue weighted by Crippen LogP contribution is -2.07. The summed E-state index contributed by atoms with van der Waals surface area (Å²) in [6, 6.07) is 12.1. The summed E-state index contributed by atoms with van der Waals surface area (Å²) in [5.74, 6) is 1.65. The number of nitrogens with two attached hydrogens (primary N) is 1. The predicted molar refractivity (Wildman–Crippen MR) is 89.7 cm³/mol. The Labute approximate surface area is 129 Å². The first-order chi connectivity index (χ1) is 10.7. The van der Waals surface area contributed by atoms with Crippen LogP contribution in [-0.2, 0) is 0 Å². The molecule has 2 aromatic carbocycles. The van der Waals surface area contributed by atoms with Crippen molar-refractivity contribution in [1.82, 2.24) is 4.98 Å². The lowest BCUT2D eigenvalue weighted by Gasteiger charge is -2.13. The van der Waals surface area contributed by atoms with Gasteiger partial charge in [0.2, 0.25) is 0 Å². The smallest absolute Gasteiger partial charge is 0.138 e. The van der Waals surface area contributed by atoms with Crippen LogP contribution >= 0.6 is 0 Å². The molecule has 0 unspecified atom stereocenters. The molecule has 0 bridgehead atoms. The predicted octanol–water partition coefficient (Wildman–Crippen LogP) is 3.43. The van der Waals surface area contributed by atoms with Gasteiger partial charge in [-0.2, -0.15) is 0 Å². The highest BCUT2D eigenvalue weighted by molar-refractivity contribution is 6.01. The Hall–Kier alpha value is -2.33. The van der Waals surface area contributed by atoms with E-state index < -0.39 is 0 Å². The molecule has 0 saturated heterocycles. The van der Waals surface area contributed by atoms with Crippen molar-refractivity contribution in [2.24, 2.45) is 5.73 Å². The number of fused-ring (bicyclic) bond motifs is 2. The van der Waals surface area contributed by atoms with Crippen LogP contribution in [0.4, 0.5) is 0 Å². The van der Waals surface area contributed by atoms with E-state index in [9.17, 15) is 0 Å². The third-order valence-electron chi connectivity index (χ3n) is 3.68. The maximum atomic E-state index is 6.05. The SMILES string of the molecule is COc1ccc2nc3ccc(C)cc3c(OCCCN)c2c1. The maximum absolute atomic E-state index is 6.05. The largest absolute Gasteiger partial charge is 0.497 e. The highest BCUT2D eigenvalue weighted by Gasteiger charge is 2.11. The van der Waals surface area contributed by atoms with Crippen LogP contribution in [0, 0.1) is 6.92 Å². The Balaban J connectivity index is 2.25. The number of hydrogen-bond donors (Lipinski definition) is 1. The van der Waals surface area contributed by atoms with E-state index in [0.717, 1.165) is 39.7 Å². The maximum Gasteiger partial charge on any atom is 0.138 e. The van der Waals surface area contributed by atoms with E-state index in [1.54, 1.807) is 7.11 Å². The molecule has 0 aliphatic heterocycles. The van der Waals surface area contributed by atoms with E-state index in [0.29, 0.717) is 13.2 Å². The Morgan fingerprint density at radius 3 is 2.50 bits per heavy atom. The first-order valence-electron chi connectivity index (χ1n) is 7.44. The minimum absolute atomic E-state index is 0.593. The van der Waals surface area contributed by atoms with Crippen LogP contribution in [0.15, 0.2) is 36.4 Å². The molecular formula is C18H20N2O2. The molecule has 0 aliphatic rings. The minimum Gasteiger partial charge on any atom is -0.497 e. The summed E-state index contributed by atoms with van der Waals surface area (Å²) in [6.07, 6.45) is 0.821. The molecule has 3 rings (SSSR count). The molecule has 114 valence electrons. The molecule has 4 nitrogen and oxygen atoms in total. The van der Waals surface area contributed by atoms with Gasteiger partial charge in [0.25, 0.3) is 0 Å². The number of nitrogens with zero attached hydrogens (tertiary/aromatic N) is 1. The van der Waals surface area contributed by atoms with Gasteiger partial charge >= 0.3 is 0 Å². The van der Waals surface area contributed by atoms with E-state index in [1.807, 2.05) is 24.3 Å². The molecule has 0 atom stereocenters. The van der Waals surface area contributed by atoms with Gasteiger partial charge in [-0.05, 0) is 50.2 Å². The first-order valence-corrected chi connectivity index (χ1v) is 7.44. The number of rotatable bonds is 5. The summed E-state index contributed by atoms with van der Waals surface area (Å²) >= 11 is 0.